The smallest absolute Gasteiger partial charge is 0.239 e. The molecule has 0 fully saturated rings. The average molecular weight is 394 g/mol. The summed E-state index contributed by atoms with van der Waals surface area (Å²) in [5, 5.41) is 14.0. The van der Waals surface area contributed by atoms with Crippen molar-refractivity contribution in [3.05, 3.63) is 41.0 Å². The Morgan fingerprint density at radius 1 is 1.31 bits per heavy atom. The van der Waals surface area contributed by atoms with Gasteiger partial charge in [-0.25, -0.2) is 0 Å². The first-order valence-electron chi connectivity index (χ1n) is 8.24. The van der Waals surface area contributed by atoms with Crippen LogP contribution in [0.25, 0.3) is 11.4 Å². The van der Waals surface area contributed by atoms with Gasteiger partial charge in [0.2, 0.25) is 5.89 Å². The van der Waals surface area contributed by atoms with E-state index >= 15 is 0 Å². The van der Waals surface area contributed by atoms with Crippen molar-refractivity contribution in [3.8, 4) is 11.4 Å². The van der Waals surface area contributed by atoms with Crippen LogP contribution >= 0.6 is 23.4 Å². The topological polar surface area (TPSA) is 78.9 Å². The molecule has 0 saturated heterocycles. The van der Waals surface area contributed by atoms with Gasteiger partial charge in [-0.15, -0.1) is 10.2 Å². The van der Waals surface area contributed by atoms with Gasteiger partial charge in [0.05, 0.1) is 10.3 Å². The van der Waals surface area contributed by atoms with Gasteiger partial charge in [-0.1, -0.05) is 40.7 Å². The van der Waals surface area contributed by atoms with Crippen LogP contribution in [0.3, 0.4) is 0 Å². The molecule has 0 N–H and O–H groups in total. The molecule has 2 aromatic heterocycles. The van der Waals surface area contributed by atoms with E-state index in [9.17, 15) is 0 Å². The molecule has 0 aliphatic heterocycles. The minimum atomic E-state index is -0.0410. The number of hydrogen-bond acceptors (Lipinski definition) is 7. The predicted molar refractivity (Wildman–Crippen MR) is 100 cm³/mol. The van der Waals surface area contributed by atoms with Crippen molar-refractivity contribution in [1.82, 2.24) is 24.9 Å². The van der Waals surface area contributed by atoms with Crippen molar-refractivity contribution < 1.29 is 9.26 Å². The third-order valence-electron chi connectivity index (χ3n) is 3.74. The Morgan fingerprint density at radius 3 is 2.81 bits per heavy atom. The molecule has 138 valence electrons. The molecule has 0 spiro atoms. The van der Waals surface area contributed by atoms with E-state index in [-0.39, 0.29) is 5.25 Å². The lowest BCUT2D eigenvalue weighted by molar-refractivity contribution is 0.189. The number of methoxy groups -OCH3 is 1. The zero-order chi connectivity index (χ0) is 18.5. The Bertz CT molecular complexity index is 866. The number of thioether (sulfide) groups is 1. The second-order valence-corrected chi connectivity index (χ2v) is 7.44. The second kappa shape index (κ2) is 8.66. The van der Waals surface area contributed by atoms with Gasteiger partial charge in [0.25, 0.3) is 0 Å². The van der Waals surface area contributed by atoms with Crippen LogP contribution < -0.4 is 0 Å². The Labute approximate surface area is 161 Å². The van der Waals surface area contributed by atoms with Gasteiger partial charge in [-0.2, -0.15) is 4.98 Å². The van der Waals surface area contributed by atoms with Gasteiger partial charge >= 0.3 is 0 Å². The van der Waals surface area contributed by atoms with Crippen LogP contribution in [-0.2, 0) is 11.3 Å². The van der Waals surface area contributed by atoms with Crippen molar-refractivity contribution in [2.24, 2.45) is 0 Å². The fourth-order valence-corrected chi connectivity index (χ4v) is 3.60. The molecule has 0 aliphatic carbocycles. The van der Waals surface area contributed by atoms with Crippen LogP contribution in [0.5, 0.6) is 0 Å². The molecule has 1 aromatic carbocycles. The monoisotopic (exact) mass is 393 g/mol. The minimum Gasteiger partial charge on any atom is -0.385 e. The fraction of sp³-hybridized carbons (Fsp3) is 0.412. The molecule has 0 radical (unpaired) electrons. The highest BCUT2D eigenvalue weighted by Crippen LogP contribution is 2.36. The normalized spacial score (nSPS) is 12.5. The van der Waals surface area contributed by atoms with E-state index in [2.05, 4.69) is 24.9 Å². The van der Waals surface area contributed by atoms with Crippen LogP contribution in [0.4, 0.5) is 0 Å². The van der Waals surface area contributed by atoms with E-state index in [0.717, 1.165) is 29.5 Å². The first-order chi connectivity index (χ1) is 12.6. The van der Waals surface area contributed by atoms with Gasteiger partial charge in [0.15, 0.2) is 16.8 Å². The molecule has 1 atom stereocenters. The van der Waals surface area contributed by atoms with Crippen LogP contribution in [0.15, 0.2) is 33.9 Å². The molecular weight excluding hydrogens is 374 g/mol. The lowest BCUT2D eigenvalue weighted by atomic mass is 10.2. The Morgan fingerprint density at radius 2 is 2.12 bits per heavy atom. The summed E-state index contributed by atoms with van der Waals surface area (Å²) in [5.74, 6) is 1.92. The standard InChI is InChI=1S/C17H20ClN5O2S/c1-11(16-19-12(2)22-25-16)26-17-21-20-15(23(17)9-6-10-24-3)13-7-4-5-8-14(13)18/h4-5,7-8,11H,6,9-10H2,1-3H3. The van der Waals surface area contributed by atoms with E-state index in [1.807, 2.05) is 31.2 Å². The molecule has 26 heavy (non-hydrogen) atoms. The van der Waals surface area contributed by atoms with Gasteiger partial charge in [-0.3, -0.25) is 0 Å². The summed E-state index contributed by atoms with van der Waals surface area (Å²) in [6, 6.07) is 7.62. The van der Waals surface area contributed by atoms with Crippen molar-refractivity contribution >= 4 is 23.4 Å². The van der Waals surface area contributed by atoms with Gasteiger partial charge in [-0.05, 0) is 32.4 Å². The molecule has 0 bridgehead atoms. The minimum absolute atomic E-state index is 0.0410. The number of rotatable bonds is 8. The van der Waals surface area contributed by atoms with E-state index in [1.54, 1.807) is 14.0 Å². The highest BCUT2D eigenvalue weighted by molar-refractivity contribution is 7.99. The lowest BCUT2D eigenvalue weighted by Crippen LogP contribution is -2.06. The molecule has 0 aliphatic rings. The summed E-state index contributed by atoms with van der Waals surface area (Å²) in [6.45, 7) is 5.18. The number of halogens is 1. The van der Waals surface area contributed by atoms with E-state index in [4.69, 9.17) is 20.9 Å². The number of benzene rings is 1. The van der Waals surface area contributed by atoms with Crippen molar-refractivity contribution in [1.29, 1.82) is 0 Å². The summed E-state index contributed by atoms with van der Waals surface area (Å²) in [6.07, 6.45) is 0.841. The lowest BCUT2D eigenvalue weighted by Gasteiger charge is -2.12. The first-order valence-corrected chi connectivity index (χ1v) is 9.49. The summed E-state index contributed by atoms with van der Waals surface area (Å²) in [5.41, 5.74) is 0.854. The van der Waals surface area contributed by atoms with Gasteiger partial charge in [0, 0.05) is 25.8 Å². The summed E-state index contributed by atoms with van der Waals surface area (Å²) < 4.78 is 12.5. The first kappa shape index (κ1) is 18.9. The third kappa shape index (κ3) is 4.25. The largest absolute Gasteiger partial charge is 0.385 e. The highest BCUT2D eigenvalue weighted by Gasteiger charge is 2.21. The van der Waals surface area contributed by atoms with Gasteiger partial charge < -0.3 is 13.8 Å². The summed E-state index contributed by atoms with van der Waals surface area (Å²) >= 11 is 7.89. The Kier molecular flexibility index (Phi) is 6.29. The Balaban J connectivity index is 1.90. The third-order valence-corrected chi connectivity index (χ3v) is 5.13. The van der Waals surface area contributed by atoms with Crippen LogP contribution in [0.2, 0.25) is 5.02 Å². The maximum Gasteiger partial charge on any atom is 0.239 e. The molecule has 3 aromatic rings. The van der Waals surface area contributed by atoms with E-state index < -0.39 is 0 Å². The summed E-state index contributed by atoms with van der Waals surface area (Å²) in [4.78, 5) is 4.29. The molecule has 0 amide bonds. The van der Waals surface area contributed by atoms with Crippen LogP contribution in [-0.4, -0.2) is 38.6 Å². The zero-order valence-corrected chi connectivity index (χ0v) is 16.4. The van der Waals surface area contributed by atoms with Crippen LogP contribution in [0.1, 0.15) is 30.3 Å². The molecular formula is C17H20ClN5O2S. The molecule has 2 heterocycles. The quantitative estimate of drug-likeness (QED) is 0.419. The van der Waals surface area contributed by atoms with E-state index in [1.165, 1.54) is 11.8 Å². The Hall–Kier alpha value is -1.90. The zero-order valence-electron chi connectivity index (χ0n) is 14.8. The molecule has 0 saturated carbocycles. The number of aryl methyl sites for hydroxylation is 1. The fourth-order valence-electron chi connectivity index (χ4n) is 2.47. The number of hydrogen-bond donors (Lipinski definition) is 0. The van der Waals surface area contributed by atoms with E-state index in [0.29, 0.717) is 23.3 Å². The summed E-state index contributed by atoms with van der Waals surface area (Å²) in [7, 11) is 1.69. The molecule has 7 nitrogen and oxygen atoms in total. The number of nitrogens with zero attached hydrogens (tertiary/aromatic N) is 5. The predicted octanol–water partition coefficient (Wildman–Crippen LogP) is 4.18. The second-order valence-electron chi connectivity index (χ2n) is 5.72. The maximum atomic E-state index is 6.36. The highest BCUT2D eigenvalue weighted by atomic mass is 35.5. The SMILES string of the molecule is COCCCn1c(SC(C)c2nc(C)no2)nnc1-c1ccccc1Cl. The van der Waals surface area contributed by atoms with Crippen molar-refractivity contribution in [3.63, 3.8) is 0 Å². The molecule has 1 unspecified atom stereocenters. The number of aromatic nitrogens is 5. The van der Waals surface area contributed by atoms with Gasteiger partial charge in [0.1, 0.15) is 0 Å². The van der Waals surface area contributed by atoms with Crippen molar-refractivity contribution in [2.45, 2.75) is 37.2 Å². The maximum absolute atomic E-state index is 6.36. The van der Waals surface area contributed by atoms with Crippen molar-refractivity contribution in [2.75, 3.05) is 13.7 Å². The average Bonchev–Trinajstić information content (AvgIpc) is 3.23. The number of ether oxygens (including phenoxy) is 1. The molecule has 3 rings (SSSR count). The van der Waals surface area contributed by atoms with Crippen LogP contribution in [0, 0.1) is 6.92 Å². The molecule has 9 heteroatoms.